The number of aliphatic hydroxyl groups excluding tert-OH is 3. The van der Waals surface area contributed by atoms with E-state index in [9.17, 15) is 14.8 Å². The van der Waals surface area contributed by atoms with Gasteiger partial charge in [0.1, 0.15) is 24.6 Å². The SMILES string of the molecule is C[C@@H](CO)CCNc1ncnc2c1ncn2[C@@H]1O[C@H](COP(=O)(O)O)[C@@H](O)[C@H]1O. The highest BCUT2D eigenvalue weighted by Crippen LogP contribution is 2.38. The molecule has 0 unspecified atom stereocenters. The molecular weight excluding hydrogens is 409 g/mol. The van der Waals surface area contributed by atoms with Crippen LogP contribution in [0, 0.1) is 5.92 Å². The smallest absolute Gasteiger partial charge is 0.396 e. The molecule has 1 aliphatic rings. The Labute approximate surface area is 165 Å². The minimum absolute atomic E-state index is 0.0849. The third kappa shape index (κ3) is 5.08. The van der Waals surface area contributed by atoms with Crippen LogP contribution in [0.2, 0.25) is 0 Å². The molecule has 0 aromatic carbocycles. The van der Waals surface area contributed by atoms with Crippen molar-refractivity contribution in [3.63, 3.8) is 0 Å². The summed E-state index contributed by atoms with van der Waals surface area (Å²) in [5.41, 5.74) is 0.759. The minimum atomic E-state index is -4.75. The van der Waals surface area contributed by atoms with Crippen LogP contribution >= 0.6 is 7.82 Å². The van der Waals surface area contributed by atoms with Crippen molar-refractivity contribution in [3.8, 4) is 0 Å². The first-order chi connectivity index (χ1) is 13.7. The number of fused-ring (bicyclic) bond motifs is 1. The van der Waals surface area contributed by atoms with E-state index >= 15 is 0 Å². The van der Waals surface area contributed by atoms with Gasteiger partial charge in [-0.2, -0.15) is 0 Å². The number of nitrogens with one attached hydrogen (secondary N) is 1. The fraction of sp³-hybridized carbons (Fsp3) is 0.667. The monoisotopic (exact) mass is 433 g/mol. The lowest BCUT2D eigenvalue weighted by Gasteiger charge is -2.16. The average Bonchev–Trinajstić information content (AvgIpc) is 3.22. The van der Waals surface area contributed by atoms with E-state index in [0.29, 0.717) is 23.5 Å². The van der Waals surface area contributed by atoms with Crippen LogP contribution in [0.25, 0.3) is 11.2 Å². The van der Waals surface area contributed by atoms with Crippen LogP contribution in [0.1, 0.15) is 19.6 Å². The summed E-state index contributed by atoms with van der Waals surface area (Å²) in [6.07, 6.45) is -1.66. The Balaban J connectivity index is 1.76. The molecule has 1 saturated heterocycles. The van der Waals surface area contributed by atoms with E-state index in [0.717, 1.165) is 6.42 Å². The summed E-state index contributed by atoms with van der Waals surface area (Å²) in [5, 5.41) is 32.7. The largest absolute Gasteiger partial charge is 0.469 e. The molecule has 2 aromatic heterocycles. The molecule has 29 heavy (non-hydrogen) atoms. The number of phosphoric acid groups is 1. The van der Waals surface area contributed by atoms with Crippen molar-refractivity contribution in [3.05, 3.63) is 12.7 Å². The highest BCUT2D eigenvalue weighted by molar-refractivity contribution is 7.46. The molecule has 1 aliphatic heterocycles. The second-order valence-corrected chi connectivity index (χ2v) is 8.12. The zero-order valence-corrected chi connectivity index (χ0v) is 16.5. The van der Waals surface area contributed by atoms with Crippen molar-refractivity contribution in [1.82, 2.24) is 19.5 Å². The van der Waals surface area contributed by atoms with Crippen molar-refractivity contribution in [2.24, 2.45) is 5.92 Å². The Morgan fingerprint density at radius 3 is 2.76 bits per heavy atom. The molecule has 5 atom stereocenters. The number of anilines is 1. The van der Waals surface area contributed by atoms with Gasteiger partial charge in [-0.3, -0.25) is 9.09 Å². The van der Waals surface area contributed by atoms with E-state index in [-0.39, 0.29) is 12.5 Å². The third-order valence-electron chi connectivity index (χ3n) is 4.62. The quantitative estimate of drug-likeness (QED) is 0.264. The van der Waals surface area contributed by atoms with E-state index in [1.165, 1.54) is 17.2 Å². The van der Waals surface area contributed by atoms with E-state index in [1.54, 1.807) is 0 Å². The van der Waals surface area contributed by atoms with Crippen LogP contribution < -0.4 is 5.32 Å². The molecule has 13 nitrogen and oxygen atoms in total. The summed E-state index contributed by atoms with van der Waals surface area (Å²) in [7, 11) is -4.75. The molecule has 0 amide bonds. The molecule has 14 heteroatoms. The van der Waals surface area contributed by atoms with Crippen molar-refractivity contribution < 1.29 is 38.9 Å². The number of nitrogens with zero attached hydrogens (tertiary/aromatic N) is 4. The topological polar surface area (TPSA) is 192 Å². The van der Waals surface area contributed by atoms with E-state index in [1.807, 2.05) is 6.92 Å². The zero-order chi connectivity index (χ0) is 21.2. The average molecular weight is 433 g/mol. The van der Waals surface area contributed by atoms with Gasteiger partial charge in [0.25, 0.3) is 0 Å². The second kappa shape index (κ2) is 8.98. The Kier molecular flexibility index (Phi) is 6.81. The Hall–Kier alpha value is -1.70. The van der Waals surface area contributed by atoms with Crippen molar-refractivity contribution >= 4 is 24.8 Å². The molecule has 2 aromatic rings. The first-order valence-electron chi connectivity index (χ1n) is 8.95. The summed E-state index contributed by atoms with van der Waals surface area (Å²) in [6.45, 7) is 1.96. The summed E-state index contributed by atoms with van der Waals surface area (Å²) in [6, 6.07) is 0. The van der Waals surface area contributed by atoms with E-state index in [4.69, 9.17) is 19.6 Å². The number of rotatable bonds is 9. The van der Waals surface area contributed by atoms with Crippen molar-refractivity contribution in [2.45, 2.75) is 37.9 Å². The Bertz CT molecular complexity index is 876. The maximum atomic E-state index is 10.9. The van der Waals surface area contributed by atoms with Gasteiger partial charge in [0.15, 0.2) is 23.2 Å². The van der Waals surface area contributed by atoms with Crippen molar-refractivity contribution in [2.75, 3.05) is 25.1 Å². The normalized spacial score (nSPS) is 26.1. The fourth-order valence-corrected chi connectivity index (χ4v) is 3.30. The van der Waals surface area contributed by atoms with Gasteiger partial charge in [-0.05, 0) is 12.3 Å². The maximum absolute atomic E-state index is 10.9. The molecule has 1 fully saturated rings. The van der Waals surface area contributed by atoms with Crippen LogP contribution in [0.5, 0.6) is 0 Å². The van der Waals surface area contributed by atoms with Gasteiger partial charge in [-0.15, -0.1) is 0 Å². The summed E-state index contributed by atoms with van der Waals surface area (Å²) >= 11 is 0. The number of phosphoric ester groups is 1. The number of hydrogen-bond donors (Lipinski definition) is 6. The number of aromatic nitrogens is 4. The molecule has 0 bridgehead atoms. The zero-order valence-electron chi connectivity index (χ0n) is 15.6. The first-order valence-corrected chi connectivity index (χ1v) is 10.5. The predicted octanol–water partition coefficient (Wildman–Crippen LogP) is -1.01. The number of imidazole rings is 1. The third-order valence-corrected chi connectivity index (χ3v) is 5.10. The van der Waals surface area contributed by atoms with Gasteiger partial charge in [0, 0.05) is 13.2 Å². The fourth-order valence-electron chi connectivity index (χ4n) is 2.96. The van der Waals surface area contributed by atoms with Crippen LogP contribution in [0.15, 0.2) is 12.7 Å². The van der Waals surface area contributed by atoms with Gasteiger partial charge < -0.3 is 35.2 Å². The van der Waals surface area contributed by atoms with Gasteiger partial charge >= 0.3 is 7.82 Å². The molecule has 0 spiro atoms. The summed E-state index contributed by atoms with van der Waals surface area (Å²) in [4.78, 5) is 30.2. The van der Waals surface area contributed by atoms with Crippen LogP contribution in [-0.2, 0) is 13.8 Å². The molecule has 0 radical (unpaired) electrons. The highest BCUT2D eigenvalue weighted by atomic mass is 31.2. The van der Waals surface area contributed by atoms with Crippen LogP contribution in [0.3, 0.4) is 0 Å². The molecule has 0 aliphatic carbocycles. The summed E-state index contributed by atoms with van der Waals surface area (Å²) < 4.78 is 22.2. The minimum Gasteiger partial charge on any atom is -0.396 e. The standard InChI is InChI=1S/C15H24N5O8P/c1-8(4-21)2-3-16-13-10-14(18-6-17-13)20(7-19-10)15-12(23)11(22)9(28-15)5-27-29(24,25)26/h6-9,11-12,15,21-23H,2-5H2,1H3,(H,16,17,18)(H2,24,25,26)/t8-,9-,11-,12-,15-/m1/s1. The molecule has 3 heterocycles. The molecule has 162 valence electrons. The van der Waals surface area contributed by atoms with E-state index in [2.05, 4.69) is 24.8 Å². The van der Waals surface area contributed by atoms with Gasteiger partial charge in [0.05, 0.1) is 12.9 Å². The van der Waals surface area contributed by atoms with Crippen molar-refractivity contribution in [1.29, 1.82) is 0 Å². The molecule has 6 N–H and O–H groups in total. The maximum Gasteiger partial charge on any atom is 0.469 e. The Morgan fingerprint density at radius 2 is 2.07 bits per heavy atom. The number of hydrogen-bond acceptors (Lipinski definition) is 10. The summed E-state index contributed by atoms with van der Waals surface area (Å²) in [5.74, 6) is 0.599. The van der Waals surface area contributed by atoms with Crippen LogP contribution in [0.4, 0.5) is 5.82 Å². The van der Waals surface area contributed by atoms with E-state index < -0.39 is 39.0 Å². The number of aliphatic hydroxyl groups is 3. The number of ether oxygens (including phenoxy) is 1. The first kappa shape index (κ1) is 22.0. The lowest BCUT2D eigenvalue weighted by atomic mass is 10.1. The predicted molar refractivity (Wildman–Crippen MR) is 98.6 cm³/mol. The Morgan fingerprint density at radius 1 is 1.31 bits per heavy atom. The van der Waals surface area contributed by atoms with Gasteiger partial charge in [-0.1, -0.05) is 6.92 Å². The highest BCUT2D eigenvalue weighted by Gasteiger charge is 2.45. The van der Waals surface area contributed by atoms with Gasteiger partial charge in [-0.25, -0.2) is 19.5 Å². The molecule has 3 rings (SSSR count). The molecular formula is C15H24N5O8P. The van der Waals surface area contributed by atoms with Gasteiger partial charge in [0.2, 0.25) is 0 Å². The lowest BCUT2D eigenvalue weighted by molar-refractivity contribution is -0.0504. The lowest BCUT2D eigenvalue weighted by Crippen LogP contribution is -2.33. The van der Waals surface area contributed by atoms with Crippen LogP contribution in [-0.4, -0.2) is 82.7 Å². The second-order valence-electron chi connectivity index (χ2n) is 6.88. The molecule has 0 saturated carbocycles.